The van der Waals surface area contributed by atoms with Crippen LogP contribution >= 0.6 is 11.3 Å². The predicted octanol–water partition coefficient (Wildman–Crippen LogP) is 6.83. The zero-order valence-electron chi connectivity index (χ0n) is 19.8. The highest BCUT2D eigenvalue weighted by atomic mass is 32.1. The van der Waals surface area contributed by atoms with E-state index in [4.69, 9.17) is 19.2 Å². The number of hydrogen-bond donors (Lipinski definition) is 0. The van der Waals surface area contributed by atoms with E-state index < -0.39 is 0 Å². The van der Waals surface area contributed by atoms with Gasteiger partial charge in [-0.1, -0.05) is 26.8 Å². The molecular weight excluding hydrogens is 444 g/mol. The normalized spacial score (nSPS) is 16.9. The van der Waals surface area contributed by atoms with E-state index in [2.05, 4.69) is 26.8 Å². The maximum absolute atomic E-state index is 9.78. The maximum atomic E-state index is 9.78. The second-order valence-corrected chi connectivity index (χ2v) is 11.0. The minimum atomic E-state index is 0.268. The summed E-state index contributed by atoms with van der Waals surface area (Å²) in [5, 5.41) is 10.6. The molecular formula is C28H28N2O3S. The van der Waals surface area contributed by atoms with Crippen molar-refractivity contribution in [1.82, 2.24) is 0 Å². The smallest absolute Gasteiger partial charge is 0.231 e. The van der Waals surface area contributed by atoms with Crippen molar-refractivity contribution < 1.29 is 14.2 Å². The molecule has 0 N–H and O–H groups in total. The first kappa shape index (κ1) is 22.5. The number of nitrogens with zero attached hydrogens (tertiary/aromatic N) is 2. The molecule has 1 atom stereocenters. The molecule has 34 heavy (non-hydrogen) atoms. The molecule has 3 aromatic rings. The number of benzene rings is 2. The third-order valence-electron chi connectivity index (χ3n) is 6.64. The molecule has 6 heteroatoms. The van der Waals surface area contributed by atoms with Gasteiger partial charge in [0.15, 0.2) is 11.5 Å². The van der Waals surface area contributed by atoms with Gasteiger partial charge >= 0.3 is 0 Å². The molecule has 0 radical (unpaired) electrons. The van der Waals surface area contributed by atoms with Crippen molar-refractivity contribution in [2.45, 2.75) is 46.6 Å². The Balaban J connectivity index is 1.24. The number of nitriles is 1. The SMILES string of the molecule is CC(C)(C)[C@H]1CCc2c(sc(N=Cc3ccc(OCc4ccc5c(c4)OCO5)cc3)c2C#N)C1. The van der Waals surface area contributed by atoms with E-state index in [1.54, 1.807) is 11.3 Å². The summed E-state index contributed by atoms with van der Waals surface area (Å²) in [5.74, 6) is 2.96. The summed E-state index contributed by atoms with van der Waals surface area (Å²) in [5.41, 5.74) is 4.25. The molecule has 1 aromatic heterocycles. The van der Waals surface area contributed by atoms with E-state index in [0.717, 1.165) is 58.2 Å². The lowest BCUT2D eigenvalue weighted by Gasteiger charge is -2.33. The van der Waals surface area contributed by atoms with Gasteiger partial charge in [0, 0.05) is 11.1 Å². The summed E-state index contributed by atoms with van der Waals surface area (Å²) in [4.78, 5) is 6.04. The number of ether oxygens (including phenoxy) is 3. The monoisotopic (exact) mass is 472 g/mol. The Kier molecular flexibility index (Phi) is 6.05. The zero-order valence-corrected chi connectivity index (χ0v) is 20.6. The van der Waals surface area contributed by atoms with Gasteiger partial charge in [0.2, 0.25) is 6.79 Å². The molecule has 174 valence electrons. The van der Waals surface area contributed by atoms with Crippen LogP contribution in [0.1, 0.15) is 54.3 Å². The van der Waals surface area contributed by atoms with Crippen LogP contribution in [0.4, 0.5) is 5.00 Å². The topological polar surface area (TPSA) is 63.8 Å². The molecule has 0 unspecified atom stereocenters. The van der Waals surface area contributed by atoms with Gasteiger partial charge in [-0.15, -0.1) is 11.3 Å². The number of hydrogen-bond acceptors (Lipinski definition) is 6. The molecule has 0 saturated carbocycles. The Morgan fingerprint density at radius 2 is 1.94 bits per heavy atom. The van der Waals surface area contributed by atoms with Crippen LogP contribution in [0.25, 0.3) is 0 Å². The zero-order chi connectivity index (χ0) is 23.7. The summed E-state index contributed by atoms with van der Waals surface area (Å²) >= 11 is 1.68. The second-order valence-electron chi connectivity index (χ2n) is 9.91. The Morgan fingerprint density at radius 1 is 1.15 bits per heavy atom. The highest BCUT2D eigenvalue weighted by Crippen LogP contribution is 2.44. The van der Waals surface area contributed by atoms with Gasteiger partial charge < -0.3 is 14.2 Å². The summed E-state index contributed by atoms with van der Waals surface area (Å²) in [6, 6.07) is 16.1. The van der Waals surface area contributed by atoms with Crippen LogP contribution in [0, 0.1) is 22.7 Å². The lowest BCUT2D eigenvalue weighted by atomic mass is 9.72. The van der Waals surface area contributed by atoms with Crippen LogP contribution in [-0.2, 0) is 19.4 Å². The van der Waals surface area contributed by atoms with E-state index >= 15 is 0 Å². The van der Waals surface area contributed by atoms with Crippen LogP contribution in [0.15, 0.2) is 47.5 Å². The molecule has 0 bridgehead atoms. The second kappa shape index (κ2) is 9.15. The molecule has 1 aliphatic carbocycles. The highest BCUT2D eigenvalue weighted by molar-refractivity contribution is 7.16. The third-order valence-corrected chi connectivity index (χ3v) is 7.80. The molecule has 0 amide bonds. The van der Waals surface area contributed by atoms with Gasteiger partial charge in [-0.05, 0) is 83.7 Å². The first-order valence-electron chi connectivity index (χ1n) is 11.6. The Morgan fingerprint density at radius 3 is 2.71 bits per heavy atom. The van der Waals surface area contributed by atoms with Crippen LogP contribution in [0.3, 0.4) is 0 Å². The van der Waals surface area contributed by atoms with Crippen molar-refractivity contribution in [2.75, 3.05) is 6.79 Å². The van der Waals surface area contributed by atoms with E-state index in [9.17, 15) is 5.26 Å². The minimum Gasteiger partial charge on any atom is -0.489 e. The number of thiophene rings is 1. The first-order valence-corrected chi connectivity index (χ1v) is 12.4. The summed E-state index contributed by atoms with van der Waals surface area (Å²) in [6.07, 6.45) is 4.99. The maximum Gasteiger partial charge on any atom is 0.231 e. The summed E-state index contributed by atoms with van der Waals surface area (Å²) in [7, 11) is 0. The Labute approximate surface area is 204 Å². The average Bonchev–Trinajstić information content (AvgIpc) is 3.44. The molecule has 2 aromatic carbocycles. The Bertz CT molecular complexity index is 1260. The fourth-order valence-electron chi connectivity index (χ4n) is 4.50. The number of aliphatic imine (C=N–C) groups is 1. The van der Waals surface area contributed by atoms with E-state index in [0.29, 0.717) is 12.5 Å². The van der Waals surface area contributed by atoms with Crippen molar-refractivity contribution in [2.24, 2.45) is 16.3 Å². The van der Waals surface area contributed by atoms with Crippen molar-refractivity contribution in [3.05, 3.63) is 69.6 Å². The fraction of sp³-hybridized carbons (Fsp3) is 0.357. The van der Waals surface area contributed by atoms with Gasteiger partial charge in [0.05, 0.1) is 5.56 Å². The van der Waals surface area contributed by atoms with Crippen LogP contribution in [-0.4, -0.2) is 13.0 Å². The van der Waals surface area contributed by atoms with Gasteiger partial charge in [0.25, 0.3) is 0 Å². The van der Waals surface area contributed by atoms with E-state index in [1.807, 2.05) is 48.7 Å². The van der Waals surface area contributed by atoms with Crippen LogP contribution < -0.4 is 14.2 Å². The van der Waals surface area contributed by atoms with Gasteiger partial charge in [0.1, 0.15) is 23.4 Å². The van der Waals surface area contributed by atoms with Crippen molar-refractivity contribution in [3.63, 3.8) is 0 Å². The Hall–Kier alpha value is -3.30. The van der Waals surface area contributed by atoms with Gasteiger partial charge in [-0.3, -0.25) is 0 Å². The van der Waals surface area contributed by atoms with Crippen molar-refractivity contribution in [1.29, 1.82) is 5.26 Å². The fourth-order valence-corrected chi connectivity index (χ4v) is 5.72. The quantitative estimate of drug-likeness (QED) is 0.382. The molecule has 2 heterocycles. The third kappa shape index (κ3) is 4.67. The largest absolute Gasteiger partial charge is 0.489 e. The van der Waals surface area contributed by atoms with Gasteiger partial charge in [-0.2, -0.15) is 5.26 Å². The molecule has 0 fully saturated rings. The standard InChI is InChI=1S/C28H28N2O3S/c1-28(2,3)20-7-10-22-23(14-29)27(34-26(22)13-20)30-15-18-4-8-21(9-5-18)31-16-19-6-11-24-25(12-19)33-17-32-24/h4-6,8-9,11-12,15,20H,7,10,13,16-17H2,1-3H3/t20-/m0/s1. The molecule has 5 nitrogen and oxygen atoms in total. The van der Waals surface area contributed by atoms with Crippen molar-refractivity contribution >= 4 is 22.6 Å². The number of rotatable bonds is 5. The molecule has 1 aliphatic heterocycles. The molecule has 5 rings (SSSR count). The summed E-state index contributed by atoms with van der Waals surface area (Å²) < 4.78 is 16.7. The average molecular weight is 473 g/mol. The van der Waals surface area contributed by atoms with Crippen LogP contribution in [0.5, 0.6) is 17.2 Å². The van der Waals surface area contributed by atoms with Gasteiger partial charge in [-0.25, -0.2) is 4.99 Å². The van der Waals surface area contributed by atoms with E-state index in [1.165, 1.54) is 10.4 Å². The van der Waals surface area contributed by atoms with Crippen molar-refractivity contribution in [3.8, 4) is 23.3 Å². The number of fused-ring (bicyclic) bond motifs is 2. The lowest BCUT2D eigenvalue weighted by Crippen LogP contribution is -2.26. The van der Waals surface area contributed by atoms with E-state index in [-0.39, 0.29) is 12.2 Å². The first-order chi connectivity index (χ1) is 16.4. The molecule has 0 saturated heterocycles. The minimum absolute atomic E-state index is 0.268. The summed E-state index contributed by atoms with van der Waals surface area (Å²) in [6.45, 7) is 7.64. The molecule has 0 spiro atoms. The highest BCUT2D eigenvalue weighted by Gasteiger charge is 2.32. The van der Waals surface area contributed by atoms with Crippen LogP contribution in [0.2, 0.25) is 0 Å². The predicted molar refractivity (Wildman–Crippen MR) is 135 cm³/mol. The lowest BCUT2D eigenvalue weighted by molar-refractivity contribution is 0.174. The molecule has 2 aliphatic rings.